The van der Waals surface area contributed by atoms with Crippen molar-refractivity contribution in [1.29, 1.82) is 0 Å². The highest BCUT2D eigenvalue weighted by Crippen LogP contribution is 2.59. The number of hydrogen-bond acceptors (Lipinski definition) is 5. The van der Waals surface area contributed by atoms with Crippen LogP contribution in [0.5, 0.6) is 5.75 Å². The van der Waals surface area contributed by atoms with Crippen molar-refractivity contribution in [2.24, 2.45) is 11.8 Å². The second kappa shape index (κ2) is 11.0. The molecule has 1 aliphatic carbocycles. The minimum atomic E-state index is -4.72. The molecular formula is C31H28F5NO5S2. The number of fused-ring (bicyclic) bond motifs is 5. The number of sulfone groups is 1. The van der Waals surface area contributed by atoms with Crippen LogP contribution in [0.2, 0.25) is 0 Å². The lowest BCUT2D eigenvalue weighted by molar-refractivity contribution is -0.137. The number of alkyl halides is 3. The van der Waals surface area contributed by atoms with Gasteiger partial charge in [-0.1, -0.05) is 42.5 Å². The van der Waals surface area contributed by atoms with Gasteiger partial charge in [-0.2, -0.15) is 13.2 Å². The Labute approximate surface area is 251 Å². The number of hydrogen-bond donors (Lipinski definition) is 1. The van der Waals surface area contributed by atoms with Crippen LogP contribution < -0.4 is 9.46 Å². The predicted molar refractivity (Wildman–Crippen MR) is 153 cm³/mol. The largest absolute Gasteiger partial charge is 0.490 e. The summed E-state index contributed by atoms with van der Waals surface area (Å²) in [5.74, 6) is -4.27. The van der Waals surface area contributed by atoms with Gasteiger partial charge in [0.2, 0.25) is 10.0 Å². The monoisotopic (exact) mass is 653 g/mol. The zero-order valence-corrected chi connectivity index (χ0v) is 24.7. The Morgan fingerprint density at radius 3 is 2.34 bits per heavy atom. The molecule has 6 nitrogen and oxygen atoms in total. The maximum Gasteiger partial charge on any atom is 0.416 e. The number of rotatable bonds is 5. The van der Waals surface area contributed by atoms with E-state index in [1.807, 2.05) is 30.3 Å². The van der Waals surface area contributed by atoms with Gasteiger partial charge in [-0.25, -0.2) is 30.3 Å². The van der Waals surface area contributed by atoms with E-state index in [0.29, 0.717) is 12.1 Å². The first-order chi connectivity index (χ1) is 20.8. The van der Waals surface area contributed by atoms with Gasteiger partial charge in [-0.05, 0) is 73.6 Å². The Balaban J connectivity index is 1.44. The molecule has 1 saturated carbocycles. The summed E-state index contributed by atoms with van der Waals surface area (Å²) in [7, 11) is -8.51. The number of allylic oxidation sites excluding steroid dienone is 1. The van der Waals surface area contributed by atoms with Crippen molar-refractivity contribution >= 4 is 25.9 Å². The van der Waals surface area contributed by atoms with Crippen molar-refractivity contribution in [2.45, 2.75) is 52.8 Å². The summed E-state index contributed by atoms with van der Waals surface area (Å²) in [6.07, 6.45) is -1.42. The van der Waals surface area contributed by atoms with E-state index in [2.05, 4.69) is 4.72 Å². The lowest BCUT2D eigenvalue weighted by atomic mass is 9.64. The lowest BCUT2D eigenvalue weighted by Crippen LogP contribution is -2.63. The summed E-state index contributed by atoms with van der Waals surface area (Å²) in [5, 5.41) is -0.952. The molecule has 0 unspecified atom stereocenters. The number of nitrogens with one attached hydrogen (secondary N) is 1. The van der Waals surface area contributed by atoms with Crippen molar-refractivity contribution in [2.75, 3.05) is 6.61 Å². The van der Waals surface area contributed by atoms with Gasteiger partial charge < -0.3 is 4.74 Å². The van der Waals surface area contributed by atoms with Crippen LogP contribution in [0.4, 0.5) is 22.0 Å². The summed E-state index contributed by atoms with van der Waals surface area (Å²) in [6, 6.07) is 13.1. The van der Waals surface area contributed by atoms with E-state index in [1.165, 1.54) is 0 Å². The highest BCUT2D eigenvalue weighted by Gasteiger charge is 2.64. The molecule has 1 N–H and O–H groups in total. The average molecular weight is 654 g/mol. The standard InChI is InChI=1S/C31H28F5NO5S2/c32-25-13-14-26(33)29-28(25)30(43(38,39)21-11-9-20(10-12-21)31(34,35)36)16-15-27-23(24(30)18-42-29)17-22(44(40,41)37-27)8-4-7-19-5-2-1-3-6-19/h1-7,9-14,22-24,27,37H,8,15-18H2/t22-,23+,24+,27-,30+/m1/s1. The normalized spacial score (nSPS) is 28.0. The molecule has 6 rings (SSSR count). The topological polar surface area (TPSA) is 89.5 Å². The van der Waals surface area contributed by atoms with E-state index in [4.69, 9.17) is 4.74 Å². The molecule has 0 aromatic heterocycles. The third-order valence-electron chi connectivity index (χ3n) is 9.12. The fraction of sp³-hybridized carbons (Fsp3) is 0.355. The molecule has 0 spiro atoms. The average Bonchev–Trinajstić information content (AvgIpc) is 2.98. The van der Waals surface area contributed by atoms with E-state index < -0.39 is 87.3 Å². The Hall–Kier alpha value is -3.29. The summed E-state index contributed by atoms with van der Waals surface area (Å²) < 4.78 is 132. The summed E-state index contributed by atoms with van der Waals surface area (Å²) in [5.41, 5.74) is -0.714. The van der Waals surface area contributed by atoms with Crippen LogP contribution >= 0.6 is 0 Å². The Kier molecular flexibility index (Phi) is 7.65. The van der Waals surface area contributed by atoms with Crippen molar-refractivity contribution in [3.05, 3.63) is 101 Å². The van der Waals surface area contributed by atoms with Crippen molar-refractivity contribution in [3.8, 4) is 5.75 Å². The number of sulfonamides is 1. The molecule has 2 aliphatic heterocycles. The second-order valence-electron chi connectivity index (χ2n) is 11.4. The molecule has 3 aromatic carbocycles. The molecule has 44 heavy (non-hydrogen) atoms. The maximum atomic E-state index is 15.7. The van der Waals surface area contributed by atoms with Crippen molar-refractivity contribution in [1.82, 2.24) is 4.72 Å². The van der Waals surface area contributed by atoms with Gasteiger partial charge >= 0.3 is 6.18 Å². The van der Waals surface area contributed by atoms with Crippen molar-refractivity contribution in [3.63, 3.8) is 0 Å². The molecule has 0 radical (unpaired) electrons. The molecule has 0 bridgehead atoms. The summed E-state index contributed by atoms with van der Waals surface area (Å²) in [4.78, 5) is -0.482. The molecule has 2 fully saturated rings. The SMILES string of the molecule is O=S1(=O)N[C@@H]2CC[C@@]3(S(=O)(=O)c4ccc(C(F)(F)F)cc4)c4c(F)ccc(F)c4OC[C@H]3[C@@H]2C[C@H]1CC=Cc1ccccc1. The molecule has 1 saturated heterocycles. The second-order valence-corrected chi connectivity index (χ2v) is 15.6. The van der Waals surface area contributed by atoms with Crippen LogP contribution in [0, 0.1) is 23.5 Å². The van der Waals surface area contributed by atoms with Gasteiger partial charge in [-0.3, -0.25) is 0 Å². The Morgan fingerprint density at radius 2 is 1.66 bits per heavy atom. The van der Waals surface area contributed by atoms with Gasteiger partial charge in [0.15, 0.2) is 21.4 Å². The highest BCUT2D eigenvalue weighted by molar-refractivity contribution is 7.92. The fourth-order valence-corrected chi connectivity index (χ4v) is 11.2. The smallest absolute Gasteiger partial charge is 0.416 e. The van der Waals surface area contributed by atoms with Crippen LogP contribution in [0.3, 0.4) is 0 Å². The predicted octanol–water partition coefficient (Wildman–Crippen LogP) is 6.24. The van der Waals surface area contributed by atoms with E-state index >= 15 is 8.78 Å². The van der Waals surface area contributed by atoms with Crippen LogP contribution in [0.25, 0.3) is 6.08 Å². The molecule has 0 amide bonds. The zero-order valence-electron chi connectivity index (χ0n) is 23.1. The first kappa shape index (κ1) is 30.7. The van der Waals surface area contributed by atoms with Gasteiger partial charge in [0, 0.05) is 12.0 Å². The fourth-order valence-electron chi connectivity index (χ4n) is 7.06. The van der Waals surface area contributed by atoms with E-state index in [1.54, 1.807) is 12.2 Å². The summed E-state index contributed by atoms with van der Waals surface area (Å²) >= 11 is 0. The third-order valence-corrected chi connectivity index (χ3v) is 13.6. The van der Waals surface area contributed by atoms with Crippen LogP contribution in [0.1, 0.15) is 42.4 Å². The molecule has 3 aromatic rings. The zero-order chi connectivity index (χ0) is 31.5. The number of ether oxygens (including phenoxy) is 1. The minimum Gasteiger partial charge on any atom is -0.490 e. The van der Waals surface area contributed by atoms with E-state index in [0.717, 1.165) is 29.8 Å². The van der Waals surface area contributed by atoms with Crippen LogP contribution in [0.15, 0.2) is 77.7 Å². The first-order valence-electron chi connectivity index (χ1n) is 14.0. The highest BCUT2D eigenvalue weighted by atomic mass is 32.2. The maximum absolute atomic E-state index is 15.7. The Bertz CT molecular complexity index is 1810. The molecule has 13 heteroatoms. The van der Waals surface area contributed by atoms with E-state index in [9.17, 15) is 30.0 Å². The van der Waals surface area contributed by atoms with Gasteiger partial charge in [-0.15, -0.1) is 0 Å². The van der Waals surface area contributed by atoms with Gasteiger partial charge in [0.25, 0.3) is 0 Å². The Morgan fingerprint density at radius 1 is 0.977 bits per heavy atom. The third kappa shape index (κ3) is 5.02. The quantitative estimate of drug-likeness (QED) is 0.330. The molecule has 5 atom stereocenters. The molecule has 2 heterocycles. The van der Waals surface area contributed by atoms with Crippen molar-refractivity contribution < 1.29 is 43.5 Å². The minimum absolute atomic E-state index is 0.0176. The number of benzene rings is 3. The molecular weight excluding hydrogens is 625 g/mol. The van der Waals surface area contributed by atoms with Gasteiger partial charge in [0.05, 0.1) is 27.9 Å². The van der Waals surface area contributed by atoms with Crippen LogP contribution in [-0.2, 0) is 30.8 Å². The molecule has 234 valence electrons. The lowest BCUT2D eigenvalue weighted by Gasteiger charge is -2.54. The number of halogens is 5. The summed E-state index contributed by atoms with van der Waals surface area (Å²) in [6.45, 7) is -0.358. The van der Waals surface area contributed by atoms with E-state index in [-0.39, 0.29) is 32.3 Å². The first-order valence-corrected chi connectivity index (χ1v) is 17.0. The van der Waals surface area contributed by atoms with Gasteiger partial charge in [0.1, 0.15) is 10.6 Å². The molecule has 3 aliphatic rings. The van der Waals surface area contributed by atoms with Crippen LogP contribution in [-0.4, -0.2) is 34.7 Å².